The summed E-state index contributed by atoms with van der Waals surface area (Å²) in [7, 11) is 0. The van der Waals surface area contributed by atoms with Crippen LogP contribution in [0.1, 0.15) is 61.9 Å². The lowest BCUT2D eigenvalue weighted by molar-refractivity contribution is -0.129. The van der Waals surface area contributed by atoms with E-state index in [-0.39, 0.29) is 17.9 Å². The fourth-order valence-corrected chi connectivity index (χ4v) is 4.64. The quantitative estimate of drug-likeness (QED) is 0.764. The number of carbonyl (C=O) groups excluding carboxylic acids is 2. The third-order valence-corrected chi connectivity index (χ3v) is 6.70. The Morgan fingerprint density at radius 1 is 1.14 bits per heavy atom. The maximum atomic E-state index is 13.1. The van der Waals surface area contributed by atoms with E-state index in [4.69, 9.17) is 0 Å². The zero-order valence-corrected chi connectivity index (χ0v) is 18.3. The highest BCUT2D eigenvalue weighted by molar-refractivity contribution is 5.94. The van der Waals surface area contributed by atoms with Crippen molar-refractivity contribution in [2.24, 2.45) is 11.8 Å². The second kappa shape index (κ2) is 10.2. The van der Waals surface area contributed by atoms with Crippen LogP contribution in [-0.4, -0.2) is 60.4 Å². The summed E-state index contributed by atoms with van der Waals surface area (Å²) >= 11 is 0. The number of piperazine rings is 1. The van der Waals surface area contributed by atoms with E-state index >= 15 is 0 Å². The maximum Gasteiger partial charge on any atom is 0.253 e. The van der Waals surface area contributed by atoms with Gasteiger partial charge in [0.25, 0.3) is 5.91 Å². The lowest BCUT2D eigenvalue weighted by Gasteiger charge is -2.41. The SMILES string of the molecule is CC[C@@H](C)CNC(=O)[C@@H](C1CCCC1)N1CCN(C(=O)c2cccc(C)c2)CC1. The van der Waals surface area contributed by atoms with E-state index in [9.17, 15) is 9.59 Å². The molecule has 1 saturated heterocycles. The zero-order valence-electron chi connectivity index (χ0n) is 18.3. The molecule has 2 aliphatic rings. The van der Waals surface area contributed by atoms with Gasteiger partial charge in [-0.2, -0.15) is 0 Å². The summed E-state index contributed by atoms with van der Waals surface area (Å²) in [5.41, 5.74) is 1.87. The zero-order chi connectivity index (χ0) is 20.8. The van der Waals surface area contributed by atoms with E-state index < -0.39 is 0 Å². The number of aryl methyl sites for hydroxylation is 1. The molecule has 1 saturated carbocycles. The molecule has 2 fully saturated rings. The van der Waals surface area contributed by atoms with Crippen molar-refractivity contribution in [3.05, 3.63) is 35.4 Å². The van der Waals surface area contributed by atoms with Gasteiger partial charge in [0, 0.05) is 38.3 Å². The van der Waals surface area contributed by atoms with Gasteiger partial charge < -0.3 is 10.2 Å². The summed E-state index contributed by atoms with van der Waals surface area (Å²) < 4.78 is 0. The molecule has 0 unspecified atom stereocenters. The van der Waals surface area contributed by atoms with Gasteiger partial charge in [-0.15, -0.1) is 0 Å². The van der Waals surface area contributed by atoms with E-state index in [2.05, 4.69) is 24.1 Å². The summed E-state index contributed by atoms with van der Waals surface area (Å²) in [6.45, 7) is 10.0. The largest absolute Gasteiger partial charge is 0.354 e. The molecule has 0 bridgehead atoms. The molecule has 3 rings (SSSR count). The molecular formula is C24H37N3O2. The van der Waals surface area contributed by atoms with Gasteiger partial charge >= 0.3 is 0 Å². The molecule has 2 atom stereocenters. The summed E-state index contributed by atoms with van der Waals surface area (Å²) in [4.78, 5) is 30.2. The molecule has 1 aliphatic carbocycles. The first-order chi connectivity index (χ1) is 14.0. The van der Waals surface area contributed by atoms with E-state index in [0.717, 1.165) is 50.0 Å². The number of nitrogens with one attached hydrogen (secondary N) is 1. The Morgan fingerprint density at radius 3 is 2.45 bits per heavy atom. The highest BCUT2D eigenvalue weighted by Crippen LogP contribution is 2.31. The minimum atomic E-state index is -0.0437. The fourth-order valence-electron chi connectivity index (χ4n) is 4.64. The van der Waals surface area contributed by atoms with Gasteiger partial charge in [-0.05, 0) is 43.7 Å². The summed E-state index contributed by atoms with van der Waals surface area (Å²) in [6, 6.07) is 7.76. The van der Waals surface area contributed by atoms with Gasteiger partial charge in [0.1, 0.15) is 0 Å². The first kappa shape index (κ1) is 21.8. The minimum absolute atomic E-state index is 0.0437. The van der Waals surface area contributed by atoms with Crippen LogP contribution in [0.4, 0.5) is 0 Å². The van der Waals surface area contributed by atoms with Crippen LogP contribution in [0, 0.1) is 18.8 Å². The molecule has 1 N–H and O–H groups in total. The second-order valence-corrected chi connectivity index (χ2v) is 8.95. The van der Waals surface area contributed by atoms with Gasteiger partial charge in [0.15, 0.2) is 0 Å². The summed E-state index contributed by atoms with van der Waals surface area (Å²) in [5.74, 6) is 1.25. The van der Waals surface area contributed by atoms with Crippen molar-refractivity contribution in [1.82, 2.24) is 15.1 Å². The third-order valence-electron chi connectivity index (χ3n) is 6.70. The predicted octanol–water partition coefficient (Wildman–Crippen LogP) is 3.47. The number of hydrogen-bond donors (Lipinski definition) is 1. The van der Waals surface area contributed by atoms with Crippen molar-refractivity contribution in [1.29, 1.82) is 0 Å². The van der Waals surface area contributed by atoms with Crippen molar-refractivity contribution in [3.8, 4) is 0 Å². The molecule has 0 spiro atoms. The fraction of sp³-hybridized carbons (Fsp3) is 0.667. The van der Waals surface area contributed by atoms with Crippen LogP contribution in [0.2, 0.25) is 0 Å². The Kier molecular flexibility index (Phi) is 7.70. The molecule has 0 aromatic heterocycles. The van der Waals surface area contributed by atoms with E-state index in [1.165, 1.54) is 12.8 Å². The number of nitrogens with zero attached hydrogens (tertiary/aromatic N) is 2. The predicted molar refractivity (Wildman–Crippen MR) is 117 cm³/mol. The first-order valence-corrected chi connectivity index (χ1v) is 11.4. The summed E-state index contributed by atoms with van der Waals surface area (Å²) in [5, 5.41) is 3.21. The van der Waals surface area contributed by atoms with Gasteiger partial charge in [-0.3, -0.25) is 14.5 Å². The van der Waals surface area contributed by atoms with Crippen molar-refractivity contribution in [2.45, 2.75) is 58.9 Å². The summed E-state index contributed by atoms with van der Waals surface area (Å²) in [6.07, 6.45) is 5.82. The number of amides is 2. The monoisotopic (exact) mass is 399 g/mol. The molecule has 2 amide bonds. The molecule has 1 aromatic carbocycles. The number of rotatable bonds is 7. The molecule has 29 heavy (non-hydrogen) atoms. The molecule has 0 radical (unpaired) electrons. The molecule has 5 heteroatoms. The van der Waals surface area contributed by atoms with Gasteiger partial charge in [-0.1, -0.05) is 50.8 Å². The average molecular weight is 400 g/mol. The van der Waals surface area contributed by atoms with E-state index in [1.807, 2.05) is 36.1 Å². The Balaban J connectivity index is 1.61. The Morgan fingerprint density at radius 2 is 1.83 bits per heavy atom. The number of carbonyl (C=O) groups is 2. The Hall–Kier alpha value is -1.88. The van der Waals surface area contributed by atoms with Crippen LogP contribution in [0.25, 0.3) is 0 Å². The molecule has 5 nitrogen and oxygen atoms in total. The standard InChI is InChI=1S/C24H37N3O2/c1-4-18(2)17-25-23(28)22(20-9-5-6-10-20)26-12-14-27(15-13-26)24(29)21-11-7-8-19(3)16-21/h7-8,11,16,18,20,22H,4-6,9-10,12-15,17H2,1-3H3,(H,25,28)/t18-,22-/m1/s1. The molecule has 1 heterocycles. The lowest BCUT2D eigenvalue weighted by Crippen LogP contribution is -2.58. The van der Waals surface area contributed by atoms with Crippen LogP contribution in [0.5, 0.6) is 0 Å². The van der Waals surface area contributed by atoms with Crippen molar-refractivity contribution in [3.63, 3.8) is 0 Å². The molecule has 160 valence electrons. The van der Waals surface area contributed by atoms with Crippen LogP contribution in [-0.2, 0) is 4.79 Å². The topological polar surface area (TPSA) is 52.7 Å². The van der Waals surface area contributed by atoms with E-state index in [0.29, 0.717) is 24.9 Å². The van der Waals surface area contributed by atoms with Gasteiger partial charge in [-0.25, -0.2) is 0 Å². The van der Waals surface area contributed by atoms with Crippen LogP contribution in [0.3, 0.4) is 0 Å². The third kappa shape index (κ3) is 5.59. The molecule has 1 aliphatic heterocycles. The Labute approximate surface area is 175 Å². The smallest absolute Gasteiger partial charge is 0.253 e. The van der Waals surface area contributed by atoms with E-state index in [1.54, 1.807) is 0 Å². The van der Waals surface area contributed by atoms with Crippen LogP contribution < -0.4 is 5.32 Å². The maximum absolute atomic E-state index is 13.1. The number of hydrogen-bond acceptors (Lipinski definition) is 3. The van der Waals surface area contributed by atoms with Crippen molar-refractivity contribution < 1.29 is 9.59 Å². The minimum Gasteiger partial charge on any atom is -0.354 e. The second-order valence-electron chi connectivity index (χ2n) is 8.95. The average Bonchev–Trinajstić information content (AvgIpc) is 3.26. The van der Waals surface area contributed by atoms with Crippen molar-refractivity contribution in [2.75, 3.05) is 32.7 Å². The lowest BCUT2D eigenvalue weighted by atomic mass is 9.94. The highest BCUT2D eigenvalue weighted by atomic mass is 16.2. The van der Waals surface area contributed by atoms with Gasteiger partial charge in [0.2, 0.25) is 5.91 Å². The van der Waals surface area contributed by atoms with Crippen molar-refractivity contribution >= 4 is 11.8 Å². The van der Waals surface area contributed by atoms with Crippen LogP contribution in [0.15, 0.2) is 24.3 Å². The molecular weight excluding hydrogens is 362 g/mol. The Bertz CT molecular complexity index is 691. The normalized spacial score (nSPS) is 20.4. The first-order valence-electron chi connectivity index (χ1n) is 11.4. The molecule has 1 aromatic rings. The van der Waals surface area contributed by atoms with Gasteiger partial charge in [0.05, 0.1) is 6.04 Å². The van der Waals surface area contributed by atoms with Crippen LogP contribution >= 0.6 is 0 Å². The highest BCUT2D eigenvalue weighted by Gasteiger charge is 2.37. The number of benzene rings is 1.